The number of fused-ring (bicyclic) bond motifs is 2. The highest BCUT2D eigenvalue weighted by Crippen LogP contribution is 2.36. The van der Waals surface area contributed by atoms with Crippen LogP contribution in [-0.2, 0) is 0 Å². The van der Waals surface area contributed by atoms with Gasteiger partial charge in [-0.3, -0.25) is 9.59 Å². The monoisotopic (exact) mass is 422 g/mol. The van der Waals surface area contributed by atoms with Crippen molar-refractivity contribution in [2.45, 2.75) is 19.8 Å². The molecule has 0 saturated heterocycles. The van der Waals surface area contributed by atoms with Crippen LogP contribution in [0.5, 0.6) is 0 Å². The molecule has 1 aliphatic rings. The lowest BCUT2D eigenvalue weighted by Crippen LogP contribution is -2.25. The molecule has 0 aliphatic heterocycles. The first-order valence-corrected chi connectivity index (χ1v) is 10.9. The summed E-state index contributed by atoms with van der Waals surface area (Å²) in [5.41, 5.74) is 4.41. The average Bonchev–Trinajstić information content (AvgIpc) is 2.72. The van der Waals surface area contributed by atoms with Crippen molar-refractivity contribution in [1.82, 2.24) is 9.80 Å². The third-order valence-corrected chi connectivity index (χ3v) is 5.52. The summed E-state index contributed by atoms with van der Waals surface area (Å²) in [5, 5.41) is 6.80. The molecule has 0 spiro atoms. The van der Waals surface area contributed by atoms with Crippen molar-refractivity contribution < 1.29 is 9.59 Å². The number of anilines is 2. The van der Waals surface area contributed by atoms with Gasteiger partial charge in [0.15, 0.2) is 11.6 Å². The molecule has 0 fully saturated rings. The van der Waals surface area contributed by atoms with Gasteiger partial charge in [-0.05, 0) is 79.2 Å². The Labute approximate surface area is 185 Å². The van der Waals surface area contributed by atoms with Crippen LogP contribution in [0.15, 0.2) is 30.3 Å². The predicted molar refractivity (Wildman–Crippen MR) is 128 cm³/mol. The Morgan fingerprint density at radius 3 is 1.68 bits per heavy atom. The zero-order valence-corrected chi connectivity index (χ0v) is 19.3. The second-order valence-electron chi connectivity index (χ2n) is 8.79. The van der Waals surface area contributed by atoms with Gasteiger partial charge in [-0.2, -0.15) is 0 Å². The smallest absolute Gasteiger partial charge is 0.196 e. The van der Waals surface area contributed by atoms with Gasteiger partial charge in [-0.15, -0.1) is 0 Å². The molecule has 0 radical (unpaired) electrons. The summed E-state index contributed by atoms with van der Waals surface area (Å²) in [5.74, 6) is -0.169. The van der Waals surface area contributed by atoms with Gasteiger partial charge in [0.1, 0.15) is 0 Å². The molecule has 3 rings (SSSR count). The van der Waals surface area contributed by atoms with Gasteiger partial charge >= 0.3 is 0 Å². The number of aryl methyl sites for hydroxylation is 1. The van der Waals surface area contributed by atoms with E-state index in [1.807, 2.05) is 59.4 Å². The molecule has 0 aromatic heterocycles. The SMILES string of the molecule is Cc1ccc2c(c1)C(=O)c1c(NCCCN(C)C)ccc(NCCCN(C)C)c1C2=O. The van der Waals surface area contributed by atoms with E-state index < -0.39 is 0 Å². The van der Waals surface area contributed by atoms with Crippen molar-refractivity contribution in [1.29, 1.82) is 0 Å². The minimum atomic E-state index is -0.0864. The number of hydrogen-bond donors (Lipinski definition) is 2. The van der Waals surface area contributed by atoms with E-state index in [9.17, 15) is 9.59 Å². The van der Waals surface area contributed by atoms with Crippen LogP contribution in [0.3, 0.4) is 0 Å². The third-order valence-electron chi connectivity index (χ3n) is 5.52. The molecule has 6 heteroatoms. The number of nitrogens with one attached hydrogen (secondary N) is 2. The number of rotatable bonds is 10. The van der Waals surface area contributed by atoms with Gasteiger partial charge in [0.05, 0.1) is 11.1 Å². The van der Waals surface area contributed by atoms with Gasteiger partial charge < -0.3 is 20.4 Å². The molecule has 0 heterocycles. The van der Waals surface area contributed by atoms with Gasteiger partial charge in [-0.1, -0.05) is 17.7 Å². The first-order valence-electron chi connectivity index (χ1n) is 10.9. The summed E-state index contributed by atoms with van der Waals surface area (Å²) in [6.45, 7) is 5.33. The van der Waals surface area contributed by atoms with Crippen LogP contribution in [0, 0.1) is 6.92 Å². The topological polar surface area (TPSA) is 64.7 Å². The van der Waals surface area contributed by atoms with Crippen LogP contribution in [0.1, 0.15) is 50.2 Å². The Morgan fingerprint density at radius 1 is 0.710 bits per heavy atom. The van der Waals surface area contributed by atoms with Crippen molar-refractivity contribution >= 4 is 22.9 Å². The number of ketones is 2. The lowest BCUT2D eigenvalue weighted by Gasteiger charge is -2.24. The summed E-state index contributed by atoms with van der Waals surface area (Å²) < 4.78 is 0. The van der Waals surface area contributed by atoms with Crippen molar-refractivity contribution in [3.05, 3.63) is 58.1 Å². The van der Waals surface area contributed by atoms with E-state index in [0.717, 1.165) is 56.0 Å². The largest absolute Gasteiger partial charge is 0.384 e. The second-order valence-corrected chi connectivity index (χ2v) is 8.79. The maximum absolute atomic E-state index is 13.5. The summed E-state index contributed by atoms with van der Waals surface area (Å²) >= 11 is 0. The Balaban J connectivity index is 1.95. The summed E-state index contributed by atoms with van der Waals surface area (Å²) in [6.07, 6.45) is 1.90. The molecule has 2 N–H and O–H groups in total. The fourth-order valence-electron chi connectivity index (χ4n) is 3.92. The first kappa shape index (κ1) is 23.0. The maximum atomic E-state index is 13.5. The predicted octanol–water partition coefficient (Wildman–Crippen LogP) is 3.50. The van der Waals surface area contributed by atoms with E-state index >= 15 is 0 Å². The van der Waals surface area contributed by atoms with Crippen LogP contribution < -0.4 is 10.6 Å². The van der Waals surface area contributed by atoms with Crippen molar-refractivity contribution in [3.8, 4) is 0 Å². The van der Waals surface area contributed by atoms with Crippen LogP contribution >= 0.6 is 0 Å². The number of hydrogen-bond acceptors (Lipinski definition) is 6. The van der Waals surface area contributed by atoms with Crippen LogP contribution in [0.2, 0.25) is 0 Å². The van der Waals surface area contributed by atoms with E-state index in [-0.39, 0.29) is 11.6 Å². The Bertz CT molecular complexity index is 966. The fourth-order valence-corrected chi connectivity index (χ4v) is 3.92. The highest BCUT2D eigenvalue weighted by molar-refractivity contribution is 6.32. The minimum Gasteiger partial charge on any atom is -0.384 e. The maximum Gasteiger partial charge on any atom is 0.196 e. The zero-order valence-electron chi connectivity index (χ0n) is 19.3. The lowest BCUT2D eigenvalue weighted by atomic mass is 9.81. The number of nitrogens with zero attached hydrogens (tertiary/aromatic N) is 2. The molecule has 0 saturated carbocycles. The molecular weight excluding hydrogens is 388 g/mol. The van der Waals surface area contributed by atoms with Crippen LogP contribution in [-0.4, -0.2) is 75.7 Å². The van der Waals surface area contributed by atoms with E-state index in [2.05, 4.69) is 20.4 Å². The van der Waals surface area contributed by atoms with E-state index in [1.54, 1.807) is 6.07 Å². The second kappa shape index (κ2) is 10.1. The van der Waals surface area contributed by atoms with Crippen molar-refractivity contribution in [3.63, 3.8) is 0 Å². The minimum absolute atomic E-state index is 0.0830. The zero-order chi connectivity index (χ0) is 22.5. The van der Waals surface area contributed by atoms with Gasteiger partial charge in [0, 0.05) is 35.6 Å². The highest BCUT2D eigenvalue weighted by Gasteiger charge is 2.34. The highest BCUT2D eigenvalue weighted by atomic mass is 16.1. The molecule has 0 unspecified atom stereocenters. The quantitative estimate of drug-likeness (QED) is 0.488. The van der Waals surface area contributed by atoms with Gasteiger partial charge in [0.25, 0.3) is 0 Å². The lowest BCUT2D eigenvalue weighted by molar-refractivity contribution is 0.0980. The van der Waals surface area contributed by atoms with Crippen LogP contribution in [0.4, 0.5) is 11.4 Å². The molecule has 0 atom stereocenters. The summed E-state index contributed by atoms with van der Waals surface area (Å²) in [6, 6.07) is 9.34. The molecule has 31 heavy (non-hydrogen) atoms. The molecule has 6 nitrogen and oxygen atoms in total. The number of benzene rings is 2. The molecule has 166 valence electrons. The molecule has 2 aromatic carbocycles. The molecule has 0 amide bonds. The number of carbonyl (C=O) groups is 2. The first-order chi connectivity index (χ1) is 14.8. The van der Waals surface area contributed by atoms with Gasteiger partial charge in [-0.25, -0.2) is 0 Å². The van der Waals surface area contributed by atoms with E-state index in [0.29, 0.717) is 22.3 Å². The van der Waals surface area contributed by atoms with Gasteiger partial charge in [0.2, 0.25) is 0 Å². The third kappa shape index (κ3) is 5.32. The van der Waals surface area contributed by atoms with E-state index in [1.165, 1.54) is 0 Å². The Morgan fingerprint density at radius 2 is 1.19 bits per heavy atom. The summed E-state index contributed by atoms with van der Waals surface area (Å²) in [7, 11) is 8.17. The van der Waals surface area contributed by atoms with Crippen LogP contribution in [0.25, 0.3) is 0 Å². The van der Waals surface area contributed by atoms with Crippen molar-refractivity contribution in [2.24, 2.45) is 0 Å². The average molecular weight is 423 g/mol. The summed E-state index contributed by atoms with van der Waals surface area (Å²) in [4.78, 5) is 31.2. The molecule has 1 aliphatic carbocycles. The Hall–Kier alpha value is -2.70. The fraction of sp³-hybridized carbons (Fsp3) is 0.440. The standard InChI is InChI=1S/C25H34N4O2/c1-17-8-9-18-19(16-17)25(31)23-21(27-13-7-15-29(4)5)11-10-20(22(23)24(18)30)26-12-6-14-28(2)3/h8-11,16,26-27H,6-7,12-15H2,1-5H3. The normalized spacial score (nSPS) is 12.9. The van der Waals surface area contributed by atoms with E-state index in [4.69, 9.17) is 0 Å². The Kier molecular flexibility index (Phi) is 7.46. The number of carbonyl (C=O) groups excluding carboxylic acids is 2. The molecule has 2 aromatic rings. The molecule has 0 bridgehead atoms. The molecular formula is C25H34N4O2. The van der Waals surface area contributed by atoms with Crippen molar-refractivity contribution in [2.75, 3.05) is 65.0 Å².